The first-order valence-electron chi connectivity index (χ1n) is 22.8. The summed E-state index contributed by atoms with van der Waals surface area (Å²) in [7, 11) is 0. The first-order chi connectivity index (χ1) is 28.3. The van der Waals surface area contributed by atoms with E-state index in [-0.39, 0.29) is 10.8 Å². The van der Waals surface area contributed by atoms with Crippen molar-refractivity contribution in [2.45, 2.75) is 135 Å². The highest BCUT2D eigenvalue weighted by molar-refractivity contribution is 5.88. The largest absolute Gasteiger partial charge is 0.356 e. The van der Waals surface area contributed by atoms with Crippen molar-refractivity contribution in [1.29, 1.82) is 0 Å². The van der Waals surface area contributed by atoms with Crippen molar-refractivity contribution in [2.24, 2.45) is 0 Å². The van der Waals surface area contributed by atoms with E-state index in [0.29, 0.717) is 0 Å². The smallest absolute Gasteiger partial charge is 0.0386 e. The van der Waals surface area contributed by atoms with Crippen molar-refractivity contribution in [1.82, 2.24) is 0 Å². The Kier molecular flexibility index (Phi) is 12.1. The number of unbranched alkanes of at least 4 members (excludes halogenated alkanes) is 10. The second-order valence-electron chi connectivity index (χ2n) is 18.1. The van der Waals surface area contributed by atoms with Crippen LogP contribution < -0.4 is 5.32 Å². The fraction of sp³-hybridized carbons (Fsp3) is 0.368. The summed E-state index contributed by atoms with van der Waals surface area (Å²) in [5.74, 6) is 0. The number of hydrogen-bond acceptors (Lipinski definition) is 1. The summed E-state index contributed by atoms with van der Waals surface area (Å²) in [4.78, 5) is 0. The molecule has 2 aliphatic rings. The summed E-state index contributed by atoms with van der Waals surface area (Å²) in [5.41, 5.74) is 20.4. The molecule has 0 aromatic heterocycles. The predicted molar refractivity (Wildman–Crippen MR) is 252 cm³/mol. The molecule has 0 atom stereocenters. The molecule has 6 aromatic carbocycles. The van der Waals surface area contributed by atoms with Crippen LogP contribution in [0.25, 0.3) is 44.5 Å². The van der Waals surface area contributed by atoms with Crippen molar-refractivity contribution < 1.29 is 0 Å². The molecule has 0 saturated carbocycles. The Labute approximate surface area is 350 Å². The van der Waals surface area contributed by atoms with Crippen LogP contribution in [0, 0.1) is 6.92 Å². The highest BCUT2D eigenvalue weighted by Crippen LogP contribution is 2.56. The third kappa shape index (κ3) is 7.95. The van der Waals surface area contributed by atoms with Gasteiger partial charge in [0.05, 0.1) is 0 Å². The molecule has 0 fully saturated rings. The summed E-state index contributed by atoms with van der Waals surface area (Å²) in [6.07, 6.45) is 18.6. The fourth-order valence-corrected chi connectivity index (χ4v) is 10.4. The Bertz CT molecular complexity index is 2320. The van der Waals surface area contributed by atoms with E-state index in [1.807, 2.05) is 0 Å². The molecular weight excluding hydrogens is 699 g/mol. The summed E-state index contributed by atoms with van der Waals surface area (Å²) >= 11 is 0. The van der Waals surface area contributed by atoms with Gasteiger partial charge >= 0.3 is 0 Å². The maximum atomic E-state index is 3.57. The van der Waals surface area contributed by atoms with Gasteiger partial charge in [-0.05, 0) is 135 Å². The average molecular weight is 764 g/mol. The molecule has 0 unspecified atom stereocenters. The van der Waals surface area contributed by atoms with Gasteiger partial charge in [0.2, 0.25) is 0 Å². The third-order valence-electron chi connectivity index (χ3n) is 13.7. The zero-order valence-corrected chi connectivity index (χ0v) is 36.0. The van der Waals surface area contributed by atoms with Crippen molar-refractivity contribution in [3.63, 3.8) is 0 Å². The number of hydrogen-bond donors (Lipinski definition) is 1. The topological polar surface area (TPSA) is 12.0 Å². The molecule has 2 aliphatic carbocycles. The minimum absolute atomic E-state index is 0.0922. The summed E-state index contributed by atoms with van der Waals surface area (Å²) in [6.45, 7) is 11.6. The van der Waals surface area contributed by atoms with E-state index >= 15 is 0 Å². The second-order valence-corrected chi connectivity index (χ2v) is 18.1. The molecule has 6 aromatic rings. The minimum atomic E-state index is -0.102. The van der Waals surface area contributed by atoms with E-state index in [0.717, 1.165) is 11.4 Å². The Hall–Kier alpha value is -4.88. The Balaban J connectivity index is 1.08. The van der Waals surface area contributed by atoms with E-state index in [9.17, 15) is 0 Å². The van der Waals surface area contributed by atoms with Gasteiger partial charge in [0.1, 0.15) is 0 Å². The van der Waals surface area contributed by atoms with Crippen LogP contribution in [0.1, 0.15) is 145 Å². The third-order valence-corrected chi connectivity index (χ3v) is 13.7. The molecule has 0 saturated heterocycles. The van der Waals surface area contributed by atoms with Gasteiger partial charge in [0.25, 0.3) is 0 Å². The quantitative estimate of drug-likeness (QED) is 0.0860. The van der Waals surface area contributed by atoms with Gasteiger partial charge in [0, 0.05) is 22.2 Å². The molecule has 0 amide bonds. The van der Waals surface area contributed by atoms with E-state index in [1.54, 1.807) is 11.1 Å². The van der Waals surface area contributed by atoms with Crippen LogP contribution in [0.5, 0.6) is 0 Å². The number of benzene rings is 6. The predicted octanol–water partition coefficient (Wildman–Crippen LogP) is 17.1. The lowest BCUT2D eigenvalue weighted by Crippen LogP contribution is -2.25. The van der Waals surface area contributed by atoms with Gasteiger partial charge < -0.3 is 5.32 Å². The normalized spacial score (nSPS) is 14.2. The zero-order valence-electron chi connectivity index (χ0n) is 36.0. The van der Waals surface area contributed by atoms with E-state index in [2.05, 4.69) is 167 Å². The van der Waals surface area contributed by atoms with Crippen LogP contribution in [0.4, 0.5) is 11.4 Å². The lowest BCUT2D eigenvalue weighted by atomic mass is 9.70. The van der Waals surface area contributed by atoms with Crippen LogP contribution in [0.15, 0.2) is 127 Å². The number of aryl methyl sites for hydroxylation is 1. The minimum Gasteiger partial charge on any atom is -0.356 e. The monoisotopic (exact) mass is 764 g/mol. The Morgan fingerprint density at radius 1 is 0.397 bits per heavy atom. The van der Waals surface area contributed by atoms with Crippen molar-refractivity contribution in [3.8, 4) is 44.5 Å². The van der Waals surface area contributed by atoms with Gasteiger partial charge in [-0.25, -0.2) is 0 Å². The molecule has 298 valence electrons. The molecule has 0 aliphatic heterocycles. The van der Waals surface area contributed by atoms with E-state index in [1.165, 1.54) is 151 Å². The van der Waals surface area contributed by atoms with Crippen molar-refractivity contribution >= 4 is 11.4 Å². The van der Waals surface area contributed by atoms with Crippen LogP contribution in [0.3, 0.4) is 0 Å². The average Bonchev–Trinajstić information content (AvgIpc) is 3.64. The molecule has 58 heavy (non-hydrogen) atoms. The Morgan fingerprint density at radius 3 is 1.47 bits per heavy atom. The molecule has 1 nitrogen and oxygen atoms in total. The number of anilines is 2. The number of fused-ring (bicyclic) bond motifs is 6. The molecule has 1 heteroatoms. The van der Waals surface area contributed by atoms with Crippen molar-refractivity contribution in [3.05, 3.63) is 155 Å². The van der Waals surface area contributed by atoms with Crippen LogP contribution >= 0.6 is 0 Å². The van der Waals surface area contributed by atoms with Crippen molar-refractivity contribution in [2.75, 3.05) is 5.32 Å². The first-order valence-corrected chi connectivity index (χ1v) is 22.8. The van der Waals surface area contributed by atoms with Gasteiger partial charge in [-0.2, -0.15) is 0 Å². The molecule has 0 bridgehead atoms. The van der Waals surface area contributed by atoms with Gasteiger partial charge in [-0.15, -0.1) is 0 Å². The summed E-state index contributed by atoms with van der Waals surface area (Å²) in [6, 6.07) is 48.8. The molecule has 0 radical (unpaired) electrons. The standard InChI is InChI=1S/C57H65N/c1-6-8-10-12-14-18-35-57(36-19-15-13-11-9-7-2)52-24-17-16-23-48(52)51-34-29-45(40-55(51)57)44-28-33-50-49-32-27-43(38-53(49)56(4,5)54(50)39-44)42-25-30-46(31-26-42)58-47-22-20-21-41(3)37-47/h16-17,20-34,37-40,58H,6-15,18-19,35-36H2,1-5H3. The van der Waals surface area contributed by atoms with Crippen LogP contribution in [0.2, 0.25) is 0 Å². The maximum Gasteiger partial charge on any atom is 0.0386 e. The first kappa shape index (κ1) is 39.9. The molecule has 1 N–H and O–H groups in total. The maximum absolute atomic E-state index is 3.57. The molecule has 0 heterocycles. The van der Waals surface area contributed by atoms with E-state index in [4.69, 9.17) is 0 Å². The molecule has 0 spiro atoms. The van der Waals surface area contributed by atoms with Gasteiger partial charge in [-0.1, -0.05) is 190 Å². The molecular formula is C57H65N. The summed E-state index contributed by atoms with van der Waals surface area (Å²) in [5, 5.41) is 3.57. The fourth-order valence-electron chi connectivity index (χ4n) is 10.4. The van der Waals surface area contributed by atoms with Crippen LogP contribution in [-0.4, -0.2) is 0 Å². The highest BCUT2D eigenvalue weighted by Gasteiger charge is 2.42. The summed E-state index contributed by atoms with van der Waals surface area (Å²) < 4.78 is 0. The lowest BCUT2D eigenvalue weighted by Gasteiger charge is -2.33. The SMILES string of the molecule is CCCCCCCCC1(CCCCCCCC)c2ccccc2-c2ccc(-c3ccc4c(c3)C(C)(C)c3cc(-c5ccc(Nc6cccc(C)c6)cc5)ccc3-4)cc21. The number of rotatable bonds is 18. The van der Waals surface area contributed by atoms with Gasteiger partial charge in [0.15, 0.2) is 0 Å². The van der Waals surface area contributed by atoms with E-state index < -0.39 is 0 Å². The zero-order chi connectivity index (χ0) is 40.1. The second kappa shape index (κ2) is 17.5. The molecule has 8 rings (SSSR count). The van der Waals surface area contributed by atoms with Gasteiger partial charge in [-0.3, -0.25) is 0 Å². The highest BCUT2D eigenvalue weighted by atomic mass is 14.9. The number of nitrogens with one attached hydrogen (secondary N) is 1. The Morgan fingerprint density at radius 2 is 0.879 bits per heavy atom. The lowest BCUT2D eigenvalue weighted by molar-refractivity contribution is 0.398. The van der Waals surface area contributed by atoms with Crippen LogP contribution in [-0.2, 0) is 10.8 Å².